The van der Waals surface area contributed by atoms with Crippen molar-refractivity contribution in [2.24, 2.45) is 0 Å². The van der Waals surface area contributed by atoms with Crippen LogP contribution in [0.1, 0.15) is 27.8 Å². The van der Waals surface area contributed by atoms with Crippen molar-refractivity contribution < 1.29 is 0 Å². The zero-order chi connectivity index (χ0) is 26.4. The minimum absolute atomic E-state index is 0.170. The fourth-order valence-electron chi connectivity index (χ4n) is 8.03. The summed E-state index contributed by atoms with van der Waals surface area (Å²) in [7, 11) is 0. The summed E-state index contributed by atoms with van der Waals surface area (Å²) in [5.74, 6) is 0. The summed E-state index contributed by atoms with van der Waals surface area (Å²) in [5.41, 5.74) is 14.5. The van der Waals surface area contributed by atoms with Gasteiger partial charge in [-0.2, -0.15) is 0 Å². The van der Waals surface area contributed by atoms with Gasteiger partial charge in [-0.25, -0.2) is 0 Å². The van der Waals surface area contributed by atoms with Gasteiger partial charge in [0.25, 0.3) is 0 Å². The van der Waals surface area contributed by atoms with Crippen molar-refractivity contribution in [1.29, 1.82) is 0 Å². The Morgan fingerprint density at radius 1 is 0.525 bits per heavy atom. The van der Waals surface area contributed by atoms with Crippen LogP contribution in [0.4, 0.5) is 0 Å². The summed E-state index contributed by atoms with van der Waals surface area (Å²) in [6, 6.07) is 52.1. The Labute approximate surface area is 234 Å². The normalized spacial score (nSPS) is 14.3. The molecule has 0 fully saturated rings. The maximum atomic E-state index is 2.55. The van der Waals surface area contributed by atoms with E-state index in [0.29, 0.717) is 0 Å². The van der Waals surface area contributed by atoms with E-state index in [4.69, 9.17) is 0 Å². The molecule has 7 aromatic rings. The van der Waals surface area contributed by atoms with Gasteiger partial charge in [-0.3, -0.25) is 0 Å². The number of hydrogen-bond acceptors (Lipinski definition) is 0. The Bertz CT molecular complexity index is 2080. The molecule has 0 saturated heterocycles. The summed E-state index contributed by atoms with van der Waals surface area (Å²) in [6.07, 6.45) is 0. The minimum atomic E-state index is -0.427. The summed E-state index contributed by atoms with van der Waals surface area (Å²) < 4.78 is 2.55. The Morgan fingerprint density at radius 3 is 1.95 bits per heavy atom. The second kappa shape index (κ2) is 7.86. The van der Waals surface area contributed by atoms with E-state index in [1.54, 1.807) is 0 Å². The molecule has 6 aromatic carbocycles. The van der Waals surface area contributed by atoms with Gasteiger partial charge in [0.1, 0.15) is 0 Å². The van der Waals surface area contributed by atoms with Crippen LogP contribution in [0.25, 0.3) is 27.5 Å². The highest BCUT2D eigenvalue weighted by atomic mass is 15.0. The lowest BCUT2D eigenvalue weighted by Crippen LogP contribution is -2.65. The quantitative estimate of drug-likeness (QED) is 0.232. The van der Waals surface area contributed by atoms with Crippen LogP contribution in [0, 0.1) is 6.92 Å². The molecule has 0 atom stereocenters. The first kappa shape index (κ1) is 22.0. The number of rotatable bonds is 2. The number of aromatic nitrogens is 1. The van der Waals surface area contributed by atoms with Crippen LogP contribution in [0.3, 0.4) is 0 Å². The summed E-state index contributed by atoms with van der Waals surface area (Å²) in [6.45, 7) is 2.46. The van der Waals surface area contributed by atoms with Crippen LogP contribution < -0.4 is 16.4 Å². The highest BCUT2D eigenvalue weighted by Crippen LogP contribution is 2.47. The molecule has 40 heavy (non-hydrogen) atoms. The van der Waals surface area contributed by atoms with Crippen LogP contribution in [-0.4, -0.2) is 11.3 Å². The molecule has 1 nitrogen and oxygen atoms in total. The van der Waals surface area contributed by atoms with Gasteiger partial charge in [0, 0.05) is 22.0 Å². The monoisotopic (exact) mass is 507 g/mol. The van der Waals surface area contributed by atoms with Gasteiger partial charge in [-0.1, -0.05) is 138 Å². The molecule has 186 valence electrons. The van der Waals surface area contributed by atoms with E-state index in [2.05, 4.69) is 151 Å². The molecule has 3 heterocycles. The number of benzene rings is 6. The Morgan fingerprint density at radius 2 is 1.18 bits per heavy atom. The molecule has 9 rings (SSSR count). The van der Waals surface area contributed by atoms with Gasteiger partial charge in [-0.05, 0) is 52.2 Å². The fourth-order valence-corrected chi connectivity index (χ4v) is 8.03. The summed E-state index contributed by atoms with van der Waals surface area (Å²) in [5, 5.41) is 2.66. The Balaban J connectivity index is 1.55. The summed E-state index contributed by atoms with van der Waals surface area (Å²) >= 11 is 0. The number of hydrogen-bond donors (Lipinski definition) is 0. The number of para-hydroxylation sites is 1. The second-order valence-electron chi connectivity index (χ2n) is 11.3. The average Bonchev–Trinajstić information content (AvgIpc) is 3.36. The molecule has 2 aliphatic rings. The lowest BCUT2D eigenvalue weighted by atomic mass is 9.29. The lowest BCUT2D eigenvalue weighted by molar-refractivity contribution is 0.750. The van der Waals surface area contributed by atoms with Crippen LogP contribution in [-0.2, 0) is 5.41 Å². The molecule has 0 radical (unpaired) electrons. The lowest BCUT2D eigenvalue weighted by Gasteiger charge is -2.46. The van der Waals surface area contributed by atoms with Gasteiger partial charge in [0.15, 0.2) is 0 Å². The maximum absolute atomic E-state index is 2.55. The van der Waals surface area contributed by atoms with E-state index >= 15 is 0 Å². The zero-order valence-electron chi connectivity index (χ0n) is 22.3. The molecule has 0 aliphatic carbocycles. The van der Waals surface area contributed by atoms with Crippen LogP contribution >= 0.6 is 0 Å². The van der Waals surface area contributed by atoms with Crippen LogP contribution in [0.5, 0.6) is 0 Å². The third kappa shape index (κ3) is 2.55. The minimum Gasteiger partial charge on any atom is -0.310 e. The smallest absolute Gasteiger partial charge is 0.247 e. The maximum Gasteiger partial charge on any atom is 0.247 e. The first-order valence-corrected chi connectivity index (χ1v) is 14.2. The van der Waals surface area contributed by atoms with E-state index in [1.165, 1.54) is 71.7 Å². The Hall–Kier alpha value is -4.82. The van der Waals surface area contributed by atoms with Crippen molar-refractivity contribution in [2.45, 2.75) is 12.3 Å². The first-order chi connectivity index (χ1) is 19.8. The zero-order valence-corrected chi connectivity index (χ0v) is 22.3. The molecule has 0 bridgehead atoms. The molecular weight excluding hydrogens is 481 g/mol. The first-order valence-electron chi connectivity index (χ1n) is 14.2. The highest BCUT2D eigenvalue weighted by molar-refractivity contribution is 6.99. The highest BCUT2D eigenvalue weighted by Gasteiger charge is 2.50. The van der Waals surface area contributed by atoms with Crippen molar-refractivity contribution in [1.82, 2.24) is 4.57 Å². The van der Waals surface area contributed by atoms with Gasteiger partial charge < -0.3 is 4.57 Å². The standard InChI is InChI=1S/C38H26BN/c1-25-23-24-29-28-17-8-11-21-33(28)40-34-22-12-19-31-36(34)39(35(25)37(29)40)32-20-10-9-18-30(32)38(31,26-13-4-2-5-14-26)27-15-6-3-7-16-27/h2-24H,1H3. The predicted molar refractivity (Wildman–Crippen MR) is 168 cm³/mol. The van der Waals surface area contributed by atoms with Crippen molar-refractivity contribution in [3.8, 4) is 5.69 Å². The third-order valence-electron chi connectivity index (χ3n) is 9.49. The molecule has 0 saturated carbocycles. The van der Waals surface area contributed by atoms with Gasteiger partial charge in [0.05, 0.1) is 10.9 Å². The molecule has 2 aliphatic heterocycles. The summed E-state index contributed by atoms with van der Waals surface area (Å²) in [4.78, 5) is 0. The van der Waals surface area contributed by atoms with Crippen molar-refractivity contribution in [3.05, 3.63) is 167 Å². The Kier molecular flexibility index (Phi) is 4.34. The van der Waals surface area contributed by atoms with Gasteiger partial charge in [0.2, 0.25) is 6.71 Å². The molecule has 0 unspecified atom stereocenters. The fraction of sp³-hybridized carbons (Fsp3) is 0.0526. The van der Waals surface area contributed by atoms with Crippen LogP contribution in [0.2, 0.25) is 0 Å². The van der Waals surface area contributed by atoms with Gasteiger partial charge >= 0.3 is 0 Å². The molecule has 1 aromatic heterocycles. The van der Waals surface area contributed by atoms with Crippen molar-refractivity contribution >= 4 is 44.9 Å². The van der Waals surface area contributed by atoms with E-state index in [0.717, 1.165) is 0 Å². The molecule has 0 N–H and O–H groups in total. The number of nitrogens with zero attached hydrogens (tertiary/aromatic N) is 1. The van der Waals surface area contributed by atoms with E-state index in [9.17, 15) is 0 Å². The number of aryl methyl sites for hydroxylation is 1. The van der Waals surface area contributed by atoms with E-state index in [1.807, 2.05) is 0 Å². The third-order valence-corrected chi connectivity index (χ3v) is 9.49. The second-order valence-corrected chi connectivity index (χ2v) is 11.3. The number of fused-ring (bicyclic) bond motifs is 7. The van der Waals surface area contributed by atoms with E-state index in [-0.39, 0.29) is 6.71 Å². The van der Waals surface area contributed by atoms with Gasteiger partial charge in [-0.15, -0.1) is 0 Å². The van der Waals surface area contributed by atoms with E-state index < -0.39 is 5.41 Å². The SMILES string of the molecule is Cc1ccc2c3ccccc3n3c2c1B1c2ccccc2C(c2ccccc2)(c2ccccc2)c2cccc-3c21. The molecule has 0 amide bonds. The average molecular weight is 507 g/mol. The largest absolute Gasteiger partial charge is 0.310 e. The molecule has 0 spiro atoms. The van der Waals surface area contributed by atoms with Crippen molar-refractivity contribution in [2.75, 3.05) is 0 Å². The molecular formula is C38H26BN. The predicted octanol–water partition coefficient (Wildman–Crippen LogP) is 6.62. The topological polar surface area (TPSA) is 4.93 Å². The van der Waals surface area contributed by atoms with Crippen molar-refractivity contribution in [3.63, 3.8) is 0 Å². The van der Waals surface area contributed by atoms with Crippen LogP contribution in [0.15, 0.2) is 140 Å². The molecule has 2 heteroatoms.